The molecule has 0 bridgehead atoms. The number of amides is 1. The van der Waals surface area contributed by atoms with Crippen LogP contribution in [0.1, 0.15) is 23.5 Å². The van der Waals surface area contributed by atoms with Crippen molar-refractivity contribution in [3.8, 4) is 0 Å². The summed E-state index contributed by atoms with van der Waals surface area (Å²) >= 11 is 0. The fourth-order valence-corrected chi connectivity index (χ4v) is 2.67. The SMILES string of the molecule is O=C(NCCc1ccccc1)C1CC1c1ccc(F)cc1. The van der Waals surface area contributed by atoms with E-state index < -0.39 is 0 Å². The Labute approximate surface area is 124 Å². The quantitative estimate of drug-likeness (QED) is 0.896. The number of hydrogen-bond acceptors (Lipinski definition) is 1. The van der Waals surface area contributed by atoms with E-state index in [-0.39, 0.29) is 23.6 Å². The normalized spacial score (nSPS) is 20.0. The van der Waals surface area contributed by atoms with Gasteiger partial charge in [0.2, 0.25) is 5.91 Å². The van der Waals surface area contributed by atoms with Crippen LogP contribution in [-0.4, -0.2) is 12.5 Å². The van der Waals surface area contributed by atoms with Gasteiger partial charge in [0.25, 0.3) is 0 Å². The van der Waals surface area contributed by atoms with E-state index in [1.165, 1.54) is 17.7 Å². The zero-order chi connectivity index (χ0) is 14.7. The van der Waals surface area contributed by atoms with Gasteiger partial charge in [-0.3, -0.25) is 4.79 Å². The molecule has 0 saturated heterocycles. The number of hydrogen-bond donors (Lipinski definition) is 1. The summed E-state index contributed by atoms with van der Waals surface area (Å²) in [6, 6.07) is 16.6. The summed E-state index contributed by atoms with van der Waals surface area (Å²) in [5.41, 5.74) is 2.28. The first kappa shape index (κ1) is 13.8. The van der Waals surface area contributed by atoms with Crippen molar-refractivity contribution in [2.24, 2.45) is 5.92 Å². The van der Waals surface area contributed by atoms with Gasteiger partial charge in [0.05, 0.1) is 0 Å². The van der Waals surface area contributed by atoms with Crippen molar-refractivity contribution >= 4 is 5.91 Å². The van der Waals surface area contributed by atoms with Gasteiger partial charge in [-0.15, -0.1) is 0 Å². The minimum atomic E-state index is -0.233. The third-order valence-corrected chi connectivity index (χ3v) is 3.98. The number of halogens is 1. The lowest BCUT2D eigenvalue weighted by Gasteiger charge is -2.05. The van der Waals surface area contributed by atoms with Crippen molar-refractivity contribution in [2.45, 2.75) is 18.8 Å². The lowest BCUT2D eigenvalue weighted by atomic mass is 10.1. The Bertz CT molecular complexity index is 609. The van der Waals surface area contributed by atoms with E-state index in [2.05, 4.69) is 17.4 Å². The zero-order valence-electron chi connectivity index (χ0n) is 11.8. The summed E-state index contributed by atoms with van der Waals surface area (Å²) in [5, 5.41) is 2.99. The van der Waals surface area contributed by atoms with Gasteiger partial charge in [0.1, 0.15) is 5.82 Å². The lowest BCUT2D eigenvalue weighted by molar-refractivity contribution is -0.122. The first-order valence-electron chi connectivity index (χ1n) is 7.31. The smallest absolute Gasteiger partial charge is 0.223 e. The molecule has 21 heavy (non-hydrogen) atoms. The van der Waals surface area contributed by atoms with Crippen LogP contribution in [0.2, 0.25) is 0 Å². The van der Waals surface area contributed by atoms with Crippen LogP contribution in [0.3, 0.4) is 0 Å². The molecule has 0 radical (unpaired) electrons. The van der Waals surface area contributed by atoms with Crippen molar-refractivity contribution in [1.82, 2.24) is 5.32 Å². The predicted molar refractivity (Wildman–Crippen MR) is 80.4 cm³/mol. The van der Waals surface area contributed by atoms with Gasteiger partial charge < -0.3 is 5.32 Å². The molecule has 2 unspecified atom stereocenters. The van der Waals surface area contributed by atoms with Crippen LogP contribution in [0.4, 0.5) is 4.39 Å². The van der Waals surface area contributed by atoms with E-state index in [1.807, 2.05) is 18.2 Å². The van der Waals surface area contributed by atoms with E-state index in [9.17, 15) is 9.18 Å². The third-order valence-electron chi connectivity index (χ3n) is 3.98. The number of nitrogens with one attached hydrogen (secondary N) is 1. The molecule has 3 heteroatoms. The molecule has 1 saturated carbocycles. The maximum absolute atomic E-state index is 12.9. The van der Waals surface area contributed by atoms with Crippen LogP contribution in [0.25, 0.3) is 0 Å². The molecule has 1 N–H and O–H groups in total. The Balaban J connectivity index is 1.46. The van der Waals surface area contributed by atoms with Gasteiger partial charge in [-0.2, -0.15) is 0 Å². The van der Waals surface area contributed by atoms with Crippen LogP contribution in [0, 0.1) is 11.7 Å². The van der Waals surface area contributed by atoms with Gasteiger partial charge in [0, 0.05) is 12.5 Å². The second kappa shape index (κ2) is 6.08. The summed E-state index contributed by atoms with van der Waals surface area (Å²) in [4.78, 5) is 12.1. The number of carbonyl (C=O) groups is 1. The molecule has 0 aromatic heterocycles. The van der Waals surface area contributed by atoms with E-state index in [0.717, 1.165) is 18.4 Å². The molecule has 2 atom stereocenters. The molecular weight excluding hydrogens is 265 g/mol. The van der Waals surface area contributed by atoms with Crippen molar-refractivity contribution < 1.29 is 9.18 Å². The summed E-state index contributed by atoms with van der Waals surface area (Å²) in [6.07, 6.45) is 1.71. The van der Waals surface area contributed by atoms with Crippen molar-refractivity contribution in [1.29, 1.82) is 0 Å². The zero-order valence-corrected chi connectivity index (χ0v) is 11.8. The summed E-state index contributed by atoms with van der Waals surface area (Å²) in [6.45, 7) is 0.662. The van der Waals surface area contributed by atoms with Gasteiger partial charge in [0.15, 0.2) is 0 Å². The second-order valence-electron chi connectivity index (χ2n) is 5.53. The van der Waals surface area contributed by atoms with Crippen LogP contribution < -0.4 is 5.32 Å². The number of rotatable bonds is 5. The summed E-state index contributed by atoms with van der Waals surface area (Å²) < 4.78 is 12.9. The second-order valence-corrected chi connectivity index (χ2v) is 5.53. The highest BCUT2D eigenvalue weighted by atomic mass is 19.1. The fourth-order valence-electron chi connectivity index (χ4n) is 2.67. The molecule has 1 amide bonds. The highest BCUT2D eigenvalue weighted by Gasteiger charge is 2.43. The summed E-state index contributed by atoms with van der Waals surface area (Å²) in [7, 11) is 0. The molecule has 1 fully saturated rings. The molecule has 0 spiro atoms. The van der Waals surface area contributed by atoms with Crippen molar-refractivity contribution in [3.63, 3.8) is 0 Å². The van der Waals surface area contributed by atoms with Gasteiger partial charge in [-0.25, -0.2) is 4.39 Å². The van der Waals surface area contributed by atoms with Gasteiger partial charge in [-0.1, -0.05) is 42.5 Å². The Morgan fingerprint density at radius 1 is 1.10 bits per heavy atom. The molecule has 2 nitrogen and oxygen atoms in total. The monoisotopic (exact) mass is 283 g/mol. The van der Waals surface area contributed by atoms with Crippen molar-refractivity contribution in [3.05, 3.63) is 71.5 Å². The van der Waals surface area contributed by atoms with Gasteiger partial charge >= 0.3 is 0 Å². The van der Waals surface area contributed by atoms with Crippen molar-refractivity contribution in [2.75, 3.05) is 6.54 Å². The first-order chi connectivity index (χ1) is 10.2. The Morgan fingerprint density at radius 3 is 2.52 bits per heavy atom. The average molecular weight is 283 g/mol. The molecule has 3 rings (SSSR count). The molecular formula is C18H18FNO. The summed E-state index contributed by atoms with van der Waals surface area (Å²) in [5.74, 6) is 0.178. The third kappa shape index (κ3) is 3.48. The van der Waals surface area contributed by atoms with Crippen LogP contribution >= 0.6 is 0 Å². The Kier molecular flexibility index (Phi) is 4.00. The number of carbonyl (C=O) groups excluding carboxylic acids is 1. The molecule has 108 valence electrons. The van der Waals surface area contributed by atoms with Gasteiger partial charge in [-0.05, 0) is 42.0 Å². The largest absolute Gasteiger partial charge is 0.356 e. The van der Waals surface area contributed by atoms with Crippen LogP contribution in [-0.2, 0) is 11.2 Å². The molecule has 2 aromatic carbocycles. The standard InChI is InChI=1S/C18H18FNO/c19-15-8-6-14(7-9-15)16-12-17(16)18(21)20-11-10-13-4-2-1-3-5-13/h1-9,16-17H,10-12H2,(H,20,21). The Morgan fingerprint density at radius 2 is 1.81 bits per heavy atom. The molecule has 1 aliphatic carbocycles. The van der Waals surface area contributed by atoms with E-state index in [0.29, 0.717) is 6.54 Å². The first-order valence-corrected chi connectivity index (χ1v) is 7.31. The van der Waals surface area contributed by atoms with E-state index >= 15 is 0 Å². The fraction of sp³-hybridized carbons (Fsp3) is 0.278. The molecule has 1 aliphatic rings. The highest BCUT2D eigenvalue weighted by molar-refractivity contribution is 5.82. The maximum atomic E-state index is 12.9. The Hall–Kier alpha value is -2.16. The molecule has 2 aromatic rings. The number of benzene rings is 2. The molecule has 0 aliphatic heterocycles. The van der Waals surface area contributed by atoms with Crippen LogP contribution in [0.15, 0.2) is 54.6 Å². The maximum Gasteiger partial charge on any atom is 0.223 e. The van der Waals surface area contributed by atoms with Crippen LogP contribution in [0.5, 0.6) is 0 Å². The highest BCUT2D eigenvalue weighted by Crippen LogP contribution is 2.47. The lowest BCUT2D eigenvalue weighted by Crippen LogP contribution is -2.27. The van der Waals surface area contributed by atoms with E-state index in [4.69, 9.17) is 0 Å². The molecule has 0 heterocycles. The minimum Gasteiger partial charge on any atom is -0.356 e. The predicted octanol–water partition coefficient (Wildman–Crippen LogP) is 3.29. The topological polar surface area (TPSA) is 29.1 Å². The minimum absolute atomic E-state index is 0.0474. The average Bonchev–Trinajstić information content (AvgIpc) is 3.30. The van der Waals surface area contributed by atoms with E-state index in [1.54, 1.807) is 12.1 Å².